The van der Waals surface area contributed by atoms with Gasteiger partial charge in [0.05, 0.1) is 0 Å². The van der Waals surface area contributed by atoms with Crippen LogP contribution in [-0.2, 0) is 9.59 Å². The average molecular weight is 213 g/mol. The molecule has 1 fully saturated rings. The Morgan fingerprint density at radius 2 is 2.27 bits per heavy atom. The van der Waals surface area contributed by atoms with Gasteiger partial charge in [0.25, 0.3) is 0 Å². The summed E-state index contributed by atoms with van der Waals surface area (Å²) < 4.78 is 0. The number of rotatable bonds is 6. The zero-order chi connectivity index (χ0) is 11.3. The highest BCUT2D eigenvalue weighted by Gasteiger charge is 2.27. The summed E-state index contributed by atoms with van der Waals surface area (Å²) in [5.74, 6) is -0.0108. The minimum absolute atomic E-state index is 0.208. The number of hydrogen-bond donors (Lipinski definition) is 1. The maximum absolute atomic E-state index is 11.5. The number of likely N-dealkylation sites (tertiary alicyclic amines) is 1. The molecular formula is C11H19NO3. The van der Waals surface area contributed by atoms with Crippen LogP contribution in [-0.4, -0.2) is 35.0 Å². The highest BCUT2D eigenvalue weighted by Crippen LogP contribution is 2.20. The molecule has 1 N–H and O–H groups in total. The van der Waals surface area contributed by atoms with Gasteiger partial charge >= 0.3 is 5.97 Å². The smallest absolute Gasteiger partial charge is 0.303 e. The number of carbonyl (C=O) groups is 2. The fourth-order valence-electron chi connectivity index (χ4n) is 1.92. The fourth-order valence-corrected chi connectivity index (χ4v) is 1.92. The fraction of sp³-hybridized carbons (Fsp3) is 0.818. The van der Waals surface area contributed by atoms with E-state index in [2.05, 4.69) is 6.92 Å². The number of carbonyl (C=O) groups excluding carboxylic acids is 1. The van der Waals surface area contributed by atoms with Crippen molar-refractivity contribution in [2.45, 2.75) is 39.0 Å². The van der Waals surface area contributed by atoms with Gasteiger partial charge in [-0.2, -0.15) is 0 Å². The van der Waals surface area contributed by atoms with E-state index in [-0.39, 0.29) is 12.3 Å². The van der Waals surface area contributed by atoms with E-state index in [4.69, 9.17) is 5.11 Å². The first-order chi connectivity index (χ1) is 7.13. The van der Waals surface area contributed by atoms with Crippen molar-refractivity contribution in [3.63, 3.8) is 0 Å². The second-order valence-electron chi connectivity index (χ2n) is 4.17. The molecule has 15 heavy (non-hydrogen) atoms. The minimum Gasteiger partial charge on any atom is -0.481 e. The maximum atomic E-state index is 11.5. The van der Waals surface area contributed by atoms with Crippen LogP contribution in [0.5, 0.6) is 0 Å². The number of carboxylic acids is 1. The van der Waals surface area contributed by atoms with Crippen LogP contribution in [0.1, 0.15) is 39.0 Å². The Kier molecular flexibility index (Phi) is 4.59. The molecule has 0 aromatic carbocycles. The van der Waals surface area contributed by atoms with Crippen molar-refractivity contribution in [2.75, 3.05) is 13.1 Å². The van der Waals surface area contributed by atoms with Crippen molar-refractivity contribution >= 4 is 11.9 Å². The van der Waals surface area contributed by atoms with E-state index in [1.165, 1.54) is 0 Å². The lowest BCUT2D eigenvalue weighted by molar-refractivity contribution is -0.137. The summed E-state index contributed by atoms with van der Waals surface area (Å²) >= 11 is 0. The van der Waals surface area contributed by atoms with Crippen LogP contribution in [0.25, 0.3) is 0 Å². The van der Waals surface area contributed by atoms with Gasteiger partial charge in [-0.05, 0) is 18.8 Å². The second-order valence-corrected chi connectivity index (χ2v) is 4.17. The van der Waals surface area contributed by atoms with E-state index in [1.54, 1.807) is 0 Å². The lowest BCUT2D eigenvalue weighted by Gasteiger charge is -2.15. The molecule has 86 valence electrons. The van der Waals surface area contributed by atoms with E-state index >= 15 is 0 Å². The molecule has 1 heterocycles. The lowest BCUT2D eigenvalue weighted by atomic mass is 10.1. The molecule has 0 aromatic rings. The van der Waals surface area contributed by atoms with Crippen LogP contribution in [0.2, 0.25) is 0 Å². The summed E-state index contributed by atoms with van der Waals surface area (Å²) in [6.45, 7) is 3.69. The first kappa shape index (κ1) is 12.0. The largest absolute Gasteiger partial charge is 0.481 e. The third-order valence-electron chi connectivity index (χ3n) is 2.94. The summed E-state index contributed by atoms with van der Waals surface area (Å²) in [4.78, 5) is 23.6. The molecule has 0 aliphatic carbocycles. The molecule has 4 nitrogen and oxygen atoms in total. The highest BCUT2D eigenvalue weighted by atomic mass is 16.4. The third-order valence-corrected chi connectivity index (χ3v) is 2.94. The topological polar surface area (TPSA) is 57.6 Å². The number of nitrogens with zero attached hydrogens (tertiary/aromatic N) is 1. The molecule has 0 radical (unpaired) electrons. The summed E-state index contributed by atoms with van der Waals surface area (Å²) in [6, 6.07) is 0. The van der Waals surface area contributed by atoms with Crippen molar-refractivity contribution in [1.29, 1.82) is 0 Å². The molecule has 4 heteroatoms. The van der Waals surface area contributed by atoms with Gasteiger partial charge in [-0.3, -0.25) is 9.59 Å². The predicted molar refractivity (Wildman–Crippen MR) is 56.5 cm³/mol. The first-order valence-electron chi connectivity index (χ1n) is 5.63. The highest BCUT2D eigenvalue weighted by molar-refractivity contribution is 5.78. The Hall–Kier alpha value is -1.06. The molecule has 0 aromatic heterocycles. The van der Waals surface area contributed by atoms with Crippen LogP contribution in [0, 0.1) is 5.92 Å². The summed E-state index contributed by atoms with van der Waals surface area (Å²) in [5.41, 5.74) is 0. The number of aliphatic carboxylic acids is 1. The normalized spacial score (nSPS) is 21.0. The number of carboxylic acid groups (broad SMARTS) is 1. The Morgan fingerprint density at radius 3 is 2.80 bits per heavy atom. The van der Waals surface area contributed by atoms with Crippen molar-refractivity contribution in [3.8, 4) is 0 Å². The van der Waals surface area contributed by atoms with Crippen LogP contribution in [0.3, 0.4) is 0 Å². The van der Waals surface area contributed by atoms with E-state index in [0.29, 0.717) is 18.8 Å². The van der Waals surface area contributed by atoms with Gasteiger partial charge in [0.15, 0.2) is 0 Å². The molecule has 1 saturated heterocycles. The summed E-state index contributed by atoms with van der Waals surface area (Å²) in [7, 11) is 0. The minimum atomic E-state index is -0.755. The summed E-state index contributed by atoms with van der Waals surface area (Å²) in [6.07, 6.45) is 3.40. The van der Waals surface area contributed by atoms with Gasteiger partial charge in [0.2, 0.25) is 5.91 Å². The van der Waals surface area contributed by atoms with Crippen LogP contribution in [0.4, 0.5) is 0 Å². The number of unbranched alkanes of at least 4 members (excludes halogenated alkanes) is 1. The van der Waals surface area contributed by atoms with Crippen molar-refractivity contribution in [2.24, 2.45) is 5.92 Å². The average Bonchev–Trinajstić information content (AvgIpc) is 2.54. The Bertz CT molecular complexity index is 240. The number of amides is 1. The van der Waals surface area contributed by atoms with E-state index in [9.17, 15) is 9.59 Å². The first-order valence-corrected chi connectivity index (χ1v) is 5.63. The molecule has 0 spiro atoms. The van der Waals surface area contributed by atoms with Gasteiger partial charge < -0.3 is 10.0 Å². The third kappa shape index (κ3) is 3.90. The quantitative estimate of drug-likeness (QED) is 0.680. The Balaban J connectivity index is 2.16. The van der Waals surface area contributed by atoms with Crippen molar-refractivity contribution in [1.82, 2.24) is 4.90 Å². The predicted octanol–water partition coefficient (Wildman–Crippen LogP) is 1.50. The molecular weight excluding hydrogens is 194 g/mol. The number of hydrogen-bond acceptors (Lipinski definition) is 2. The molecule has 1 rings (SSSR count). The zero-order valence-corrected chi connectivity index (χ0v) is 9.24. The van der Waals surface area contributed by atoms with Crippen molar-refractivity contribution in [3.05, 3.63) is 0 Å². The van der Waals surface area contributed by atoms with Crippen LogP contribution < -0.4 is 0 Å². The SMILES string of the molecule is CCC1CC(=O)N(CCCCC(=O)O)C1. The summed E-state index contributed by atoms with van der Waals surface area (Å²) in [5, 5.41) is 8.46. The zero-order valence-electron chi connectivity index (χ0n) is 9.24. The van der Waals surface area contributed by atoms with Crippen molar-refractivity contribution < 1.29 is 14.7 Å². The van der Waals surface area contributed by atoms with Gasteiger partial charge in [-0.25, -0.2) is 0 Å². The van der Waals surface area contributed by atoms with E-state index in [0.717, 1.165) is 25.9 Å². The van der Waals surface area contributed by atoms with E-state index < -0.39 is 5.97 Å². The lowest BCUT2D eigenvalue weighted by Crippen LogP contribution is -2.26. The molecule has 0 saturated carbocycles. The standard InChI is InChI=1S/C11H19NO3/c1-2-9-7-10(13)12(8-9)6-4-3-5-11(14)15/h9H,2-8H2,1H3,(H,14,15). The molecule has 1 atom stereocenters. The Morgan fingerprint density at radius 1 is 1.53 bits per heavy atom. The molecule has 1 unspecified atom stereocenters. The molecule has 1 amide bonds. The Labute approximate surface area is 90.3 Å². The van der Waals surface area contributed by atoms with E-state index in [1.807, 2.05) is 4.90 Å². The molecule has 1 aliphatic rings. The molecule has 0 bridgehead atoms. The maximum Gasteiger partial charge on any atom is 0.303 e. The van der Waals surface area contributed by atoms with Gasteiger partial charge in [0, 0.05) is 25.9 Å². The van der Waals surface area contributed by atoms with Gasteiger partial charge in [-0.15, -0.1) is 0 Å². The van der Waals surface area contributed by atoms with Gasteiger partial charge in [0.1, 0.15) is 0 Å². The van der Waals surface area contributed by atoms with Crippen LogP contribution in [0.15, 0.2) is 0 Å². The second kappa shape index (κ2) is 5.73. The van der Waals surface area contributed by atoms with Gasteiger partial charge in [-0.1, -0.05) is 13.3 Å². The monoisotopic (exact) mass is 213 g/mol. The van der Waals surface area contributed by atoms with Crippen LogP contribution >= 0.6 is 0 Å². The molecule has 1 aliphatic heterocycles.